The predicted octanol–water partition coefficient (Wildman–Crippen LogP) is 3.99. The van der Waals surface area contributed by atoms with Crippen LogP contribution in [-0.2, 0) is 18.0 Å². The Hall–Kier alpha value is -2.62. The summed E-state index contributed by atoms with van der Waals surface area (Å²) < 4.78 is 53.6. The maximum absolute atomic E-state index is 14.2. The number of hydrogen-bond donors (Lipinski definition) is 2. The molecule has 0 aliphatic rings. The highest BCUT2D eigenvalue weighted by Gasteiger charge is 2.19. The molecule has 10 heteroatoms. The number of pyridine rings is 1. The van der Waals surface area contributed by atoms with E-state index in [4.69, 9.17) is 5.73 Å². The number of halogens is 3. The van der Waals surface area contributed by atoms with Gasteiger partial charge in [-0.25, -0.2) is 13.6 Å². The van der Waals surface area contributed by atoms with E-state index in [0.717, 1.165) is 17.1 Å². The van der Waals surface area contributed by atoms with Gasteiger partial charge in [0.2, 0.25) is 0 Å². The molecule has 0 fully saturated rings. The van der Waals surface area contributed by atoms with Crippen LogP contribution in [0.15, 0.2) is 24.4 Å². The number of nitrogens with two attached hydrogens (primary N) is 1. The summed E-state index contributed by atoms with van der Waals surface area (Å²) in [5.74, 6) is -3.69. The molecule has 146 valence electrons. The van der Waals surface area contributed by atoms with Gasteiger partial charge in [-0.05, 0) is 24.6 Å². The molecule has 1 aromatic carbocycles. The number of nitrogens with one attached hydrogen (secondary N) is 1. The smallest absolute Gasteiger partial charge is 0.330 e. The topological polar surface area (TPSA) is 85.8 Å². The minimum atomic E-state index is -3.12. The summed E-state index contributed by atoms with van der Waals surface area (Å²) in [7, 11) is -0.950. The zero-order valence-electron chi connectivity index (χ0n) is 15.3. The highest BCUT2D eigenvalue weighted by Crippen LogP contribution is 2.33. The second kappa shape index (κ2) is 8.38. The Labute approximate surface area is 157 Å². The van der Waals surface area contributed by atoms with E-state index in [9.17, 15) is 17.4 Å². The third-order valence-corrected chi connectivity index (χ3v) is 4.43. The van der Waals surface area contributed by atoms with E-state index in [2.05, 4.69) is 10.1 Å². The highest BCUT2D eigenvalue weighted by atomic mass is 32.2. The molecule has 0 saturated carbocycles. The van der Waals surface area contributed by atoms with E-state index in [1.165, 1.54) is 12.1 Å². The third kappa shape index (κ3) is 4.05. The molecule has 2 aromatic heterocycles. The van der Waals surface area contributed by atoms with Crippen LogP contribution in [0.2, 0.25) is 0 Å². The Balaban J connectivity index is 0.00000126. The molecule has 1 atom stereocenters. The SMILES string of the molecule is CC.Cc1cnc(N)c2c(-c3ccc(NS(=O)C(F)F)c(F)c3)nn(C)c12. The van der Waals surface area contributed by atoms with Gasteiger partial charge in [-0.1, -0.05) is 19.9 Å². The molecular formula is C17H20F3N5OS. The largest absolute Gasteiger partial charge is 0.383 e. The average molecular weight is 399 g/mol. The highest BCUT2D eigenvalue weighted by molar-refractivity contribution is 7.86. The van der Waals surface area contributed by atoms with Crippen LogP contribution >= 0.6 is 0 Å². The monoisotopic (exact) mass is 399 g/mol. The van der Waals surface area contributed by atoms with E-state index >= 15 is 0 Å². The molecule has 0 saturated heterocycles. The summed E-state index contributed by atoms with van der Waals surface area (Å²) >= 11 is 0. The molecule has 0 amide bonds. The molecule has 1 unspecified atom stereocenters. The van der Waals surface area contributed by atoms with Crippen molar-refractivity contribution in [2.24, 2.45) is 7.05 Å². The summed E-state index contributed by atoms with van der Waals surface area (Å²) in [5.41, 5.74) is 8.11. The maximum Gasteiger partial charge on any atom is 0.330 e. The minimum absolute atomic E-state index is 0.255. The van der Waals surface area contributed by atoms with Crippen molar-refractivity contribution in [2.75, 3.05) is 10.5 Å². The number of nitrogen functional groups attached to an aromatic ring is 1. The van der Waals surface area contributed by atoms with Crippen molar-refractivity contribution in [2.45, 2.75) is 26.5 Å². The van der Waals surface area contributed by atoms with Gasteiger partial charge in [0.05, 0.1) is 16.6 Å². The summed E-state index contributed by atoms with van der Waals surface area (Å²) in [6, 6.07) is 3.83. The van der Waals surface area contributed by atoms with Crippen LogP contribution in [-0.4, -0.2) is 24.7 Å². The first kappa shape index (κ1) is 20.7. The molecule has 3 N–H and O–H groups in total. The molecule has 27 heavy (non-hydrogen) atoms. The molecule has 0 aliphatic heterocycles. The lowest BCUT2D eigenvalue weighted by atomic mass is 10.1. The number of aromatic nitrogens is 3. The molecule has 3 aromatic rings. The number of rotatable bonds is 4. The molecule has 2 heterocycles. The predicted molar refractivity (Wildman–Crippen MR) is 102 cm³/mol. The van der Waals surface area contributed by atoms with E-state index in [-0.39, 0.29) is 11.5 Å². The van der Waals surface area contributed by atoms with Gasteiger partial charge in [0.15, 0.2) is 11.0 Å². The maximum atomic E-state index is 14.2. The number of alkyl halides is 2. The Kier molecular flexibility index (Phi) is 6.42. The van der Waals surface area contributed by atoms with Crippen LogP contribution in [0.5, 0.6) is 0 Å². The van der Waals surface area contributed by atoms with Gasteiger partial charge in [-0.2, -0.15) is 13.9 Å². The van der Waals surface area contributed by atoms with Crippen LogP contribution in [0.25, 0.3) is 22.2 Å². The summed E-state index contributed by atoms with van der Waals surface area (Å²) in [6.07, 6.45) is 1.62. The first-order valence-electron chi connectivity index (χ1n) is 8.12. The quantitative estimate of drug-likeness (QED) is 0.695. The third-order valence-electron chi connectivity index (χ3n) is 3.69. The molecule has 3 rings (SSSR count). The van der Waals surface area contributed by atoms with Crippen molar-refractivity contribution in [1.29, 1.82) is 0 Å². The van der Waals surface area contributed by atoms with Crippen LogP contribution in [0.1, 0.15) is 19.4 Å². The lowest BCUT2D eigenvalue weighted by molar-refractivity contribution is 0.244. The Bertz CT molecular complexity index is 990. The summed E-state index contributed by atoms with van der Waals surface area (Å²) in [4.78, 5) is 4.10. The number of hydrogen-bond acceptors (Lipinski definition) is 4. The Morgan fingerprint density at radius 1 is 1.30 bits per heavy atom. The Morgan fingerprint density at radius 3 is 2.56 bits per heavy atom. The number of fused-ring (bicyclic) bond motifs is 1. The number of nitrogens with zero attached hydrogens (tertiary/aromatic N) is 3. The van der Waals surface area contributed by atoms with E-state index in [0.29, 0.717) is 16.6 Å². The fourth-order valence-corrected chi connectivity index (χ4v) is 3.08. The van der Waals surface area contributed by atoms with E-state index in [1.54, 1.807) is 17.9 Å². The normalized spacial score (nSPS) is 12.0. The molecule has 0 spiro atoms. The first-order valence-corrected chi connectivity index (χ1v) is 9.34. The lowest BCUT2D eigenvalue weighted by Gasteiger charge is -2.08. The second-order valence-corrected chi connectivity index (χ2v) is 6.53. The fraction of sp³-hybridized carbons (Fsp3) is 0.294. The van der Waals surface area contributed by atoms with Crippen molar-refractivity contribution < 1.29 is 17.4 Å². The van der Waals surface area contributed by atoms with Crippen LogP contribution in [0.4, 0.5) is 24.7 Å². The van der Waals surface area contributed by atoms with Crippen molar-refractivity contribution >= 4 is 33.4 Å². The molecule has 6 nitrogen and oxygen atoms in total. The minimum Gasteiger partial charge on any atom is -0.383 e. The van der Waals surface area contributed by atoms with Gasteiger partial charge in [0.25, 0.3) is 0 Å². The van der Waals surface area contributed by atoms with Crippen LogP contribution < -0.4 is 10.5 Å². The van der Waals surface area contributed by atoms with Crippen LogP contribution in [0, 0.1) is 12.7 Å². The van der Waals surface area contributed by atoms with Crippen molar-refractivity contribution in [1.82, 2.24) is 14.8 Å². The standard InChI is InChI=1S/C15H14F3N5OS.C2H6/c1-7-6-20-14(19)11-12(21-23(2)13(7)11)8-3-4-10(9(16)5-8)22-25(24)15(17)18;1-2/h3-6,15,22H,1-2H3,(H2,19,20);1-2H3. The number of anilines is 2. The number of aryl methyl sites for hydroxylation is 2. The van der Waals surface area contributed by atoms with Crippen molar-refractivity contribution in [3.63, 3.8) is 0 Å². The molecule has 0 bridgehead atoms. The average Bonchev–Trinajstić information content (AvgIpc) is 3.00. The van der Waals surface area contributed by atoms with Gasteiger partial charge in [-0.15, -0.1) is 0 Å². The zero-order chi connectivity index (χ0) is 20.3. The zero-order valence-corrected chi connectivity index (χ0v) is 16.1. The lowest BCUT2D eigenvalue weighted by Crippen LogP contribution is -2.13. The fourth-order valence-electron chi connectivity index (χ4n) is 2.61. The first-order chi connectivity index (χ1) is 12.8. The summed E-state index contributed by atoms with van der Waals surface area (Å²) in [6.45, 7) is 5.85. The second-order valence-electron chi connectivity index (χ2n) is 5.38. The van der Waals surface area contributed by atoms with Gasteiger partial charge in [-0.3, -0.25) is 9.40 Å². The molecular weight excluding hydrogens is 379 g/mol. The van der Waals surface area contributed by atoms with E-state index < -0.39 is 22.6 Å². The molecule has 0 aliphatic carbocycles. The number of benzene rings is 1. The van der Waals surface area contributed by atoms with Crippen LogP contribution in [0.3, 0.4) is 0 Å². The van der Waals surface area contributed by atoms with Crippen molar-refractivity contribution in [3.05, 3.63) is 35.8 Å². The van der Waals surface area contributed by atoms with Gasteiger partial charge in [0, 0.05) is 18.8 Å². The van der Waals surface area contributed by atoms with E-state index in [1.807, 2.05) is 25.5 Å². The summed E-state index contributed by atoms with van der Waals surface area (Å²) in [5, 5.41) is 4.95. The Morgan fingerprint density at radius 2 is 1.96 bits per heavy atom. The van der Waals surface area contributed by atoms with Gasteiger partial charge < -0.3 is 5.73 Å². The van der Waals surface area contributed by atoms with Gasteiger partial charge in [0.1, 0.15) is 17.3 Å². The van der Waals surface area contributed by atoms with Gasteiger partial charge >= 0.3 is 5.76 Å². The molecule has 0 radical (unpaired) electrons. The van der Waals surface area contributed by atoms with Crippen molar-refractivity contribution in [3.8, 4) is 11.3 Å².